The lowest BCUT2D eigenvalue weighted by Gasteiger charge is -2.22. The fourth-order valence-corrected chi connectivity index (χ4v) is 3.76. The smallest absolute Gasteiger partial charge is 0.325 e. The van der Waals surface area contributed by atoms with Crippen LogP contribution in [0, 0.1) is 0 Å². The SMILES string of the molecule is COc1cc(NC(=O)CN2C(=O)NC(C)(c3cccc(Br)c3)C2=O)c(OC)cc1Cl. The number of hydrogen-bond donors (Lipinski definition) is 2. The highest BCUT2D eigenvalue weighted by Crippen LogP contribution is 2.36. The topological polar surface area (TPSA) is 97.0 Å². The number of imide groups is 1. The van der Waals surface area contributed by atoms with Crippen molar-refractivity contribution in [2.45, 2.75) is 12.5 Å². The highest BCUT2D eigenvalue weighted by atomic mass is 79.9. The van der Waals surface area contributed by atoms with Gasteiger partial charge in [-0.05, 0) is 24.6 Å². The number of nitrogens with one attached hydrogen (secondary N) is 2. The lowest BCUT2D eigenvalue weighted by Crippen LogP contribution is -2.42. The van der Waals surface area contributed by atoms with Gasteiger partial charge in [0.1, 0.15) is 23.6 Å². The number of carbonyl (C=O) groups is 3. The van der Waals surface area contributed by atoms with Crippen LogP contribution in [0.1, 0.15) is 12.5 Å². The Morgan fingerprint density at radius 3 is 2.53 bits per heavy atom. The summed E-state index contributed by atoms with van der Waals surface area (Å²) in [5.74, 6) is -0.462. The number of ether oxygens (including phenoxy) is 2. The quantitative estimate of drug-likeness (QED) is 0.597. The molecule has 1 saturated heterocycles. The average molecular weight is 497 g/mol. The van der Waals surface area contributed by atoms with E-state index >= 15 is 0 Å². The van der Waals surface area contributed by atoms with Gasteiger partial charge in [-0.2, -0.15) is 0 Å². The molecule has 1 atom stereocenters. The Bertz CT molecular complexity index is 1030. The molecule has 4 amide bonds. The molecule has 2 aromatic carbocycles. The molecule has 158 valence electrons. The van der Waals surface area contributed by atoms with E-state index in [0.29, 0.717) is 27.8 Å². The van der Waals surface area contributed by atoms with Gasteiger partial charge in [0.15, 0.2) is 0 Å². The number of benzene rings is 2. The van der Waals surface area contributed by atoms with E-state index in [1.807, 2.05) is 6.07 Å². The van der Waals surface area contributed by atoms with Gasteiger partial charge in [0, 0.05) is 16.6 Å². The third-order valence-corrected chi connectivity index (χ3v) is 5.52. The van der Waals surface area contributed by atoms with Gasteiger partial charge in [0.25, 0.3) is 5.91 Å². The van der Waals surface area contributed by atoms with Crippen LogP contribution in [0.4, 0.5) is 10.5 Å². The van der Waals surface area contributed by atoms with Crippen LogP contribution in [0.15, 0.2) is 40.9 Å². The van der Waals surface area contributed by atoms with E-state index in [1.54, 1.807) is 25.1 Å². The van der Waals surface area contributed by atoms with E-state index < -0.39 is 29.9 Å². The number of methoxy groups -OCH3 is 2. The first kappa shape index (κ1) is 21.9. The molecule has 8 nitrogen and oxygen atoms in total. The number of hydrogen-bond acceptors (Lipinski definition) is 5. The molecule has 1 aliphatic heterocycles. The van der Waals surface area contributed by atoms with Gasteiger partial charge < -0.3 is 20.1 Å². The summed E-state index contributed by atoms with van der Waals surface area (Å²) in [6.45, 7) is 1.13. The lowest BCUT2D eigenvalue weighted by molar-refractivity contribution is -0.133. The van der Waals surface area contributed by atoms with Gasteiger partial charge in [0.05, 0.1) is 24.9 Å². The molecule has 0 spiro atoms. The van der Waals surface area contributed by atoms with Crippen LogP contribution in [-0.4, -0.2) is 43.5 Å². The lowest BCUT2D eigenvalue weighted by atomic mass is 9.92. The normalized spacial score (nSPS) is 18.2. The number of amides is 4. The first-order valence-electron chi connectivity index (χ1n) is 8.81. The molecule has 1 heterocycles. The molecule has 0 radical (unpaired) electrons. The zero-order chi connectivity index (χ0) is 22.1. The maximum atomic E-state index is 13.0. The monoisotopic (exact) mass is 495 g/mol. The Morgan fingerprint density at radius 2 is 1.90 bits per heavy atom. The van der Waals surface area contributed by atoms with Crippen molar-refractivity contribution in [3.05, 3.63) is 51.5 Å². The fourth-order valence-electron chi connectivity index (χ4n) is 3.13. The summed E-state index contributed by atoms with van der Waals surface area (Å²) >= 11 is 9.42. The van der Waals surface area contributed by atoms with Gasteiger partial charge in [-0.15, -0.1) is 0 Å². The number of rotatable bonds is 6. The molecule has 0 aromatic heterocycles. The van der Waals surface area contributed by atoms with E-state index in [4.69, 9.17) is 21.1 Å². The molecular formula is C20H19BrClN3O5. The van der Waals surface area contributed by atoms with Crippen molar-refractivity contribution in [2.24, 2.45) is 0 Å². The van der Waals surface area contributed by atoms with Gasteiger partial charge >= 0.3 is 6.03 Å². The first-order valence-corrected chi connectivity index (χ1v) is 9.98. The molecular weight excluding hydrogens is 478 g/mol. The highest BCUT2D eigenvalue weighted by molar-refractivity contribution is 9.10. The second-order valence-corrected chi connectivity index (χ2v) is 8.01. The van der Waals surface area contributed by atoms with E-state index in [1.165, 1.54) is 26.4 Å². The van der Waals surface area contributed by atoms with Gasteiger partial charge in [0.2, 0.25) is 5.91 Å². The number of anilines is 1. The van der Waals surface area contributed by atoms with Gasteiger partial charge in [-0.1, -0.05) is 39.7 Å². The summed E-state index contributed by atoms with van der Waals surface area (Å²) in [5.41, 5.74) is -0.379. The van der Waals surface area contributed by atoms with Crippen LogP contribution < -0.4 is 20.1 Å². The summed E-state index contributed by atoms with van der Waals surface area (Å²) in [6, 6.07) is 9.39. The summed E-state index contributed by atoms with van der Waals surface area (Å²) in [4.78, 5) is 38.9. The molecule has 2 N–H and O–H groups in total. The first-order chi connectivity index (χ1) is 14.2. The summed E-state index contributed by atoms with van der Waals surface area (Å²) < 4.78 is 11.1. The van der Waals surface area contributed by atoms with E-state index in [2.05, 4.69) is 26.6 Å². The van der Waals surface area contributed by atoms with Crippen molar-refractivity contribution in [1.82, 2.24) is 10.2 Å². The van der Waals surface area contributed by atoms with E-state index in [9.17, 15) is 14.4 Å². The summed E-state index contributed by atoms with van der Waals surface area (Å²) in [6.07, 6.45) is 0. The average Bonchev–Trinajstić information content (AvgIpc) is 2.93. The number of carbonyl (C=O) groups excluding carboxylic acids is 3. The second-order valence-electron chi connectivity index (χ2n) is 6.69. The Hall–Kier alpha value is -2.78. The van der Waals surface area contributed by atoms with Crippen molar-refractivity contribution in [3.8, 4) is 11.5 Å². The third-order valence-electron chi connectivity index (χ3n) is 4.73. The van der Waals surface area contributed by atoms with Crippen LogP contribution in [0.25, 0.3) is 0 Å². The Morgan fingerprint density at radius 1 is 1.20 bits per heavy atom. The minimum Gasteiger partial charge on any atom is -0.495 e. The largest absolute Gasteiger partial charge is 0.495 e. The molecule has 1 fully saturated rings. The second kappa shape index (κ2) is 8.53. The van der Waals surface area contributed by atoms with Crippen molar-refractivity contribution >= 4 is 51.1 Å². The van der Waals surface area contributed by atoms with E-state index in [0.717, 1.165) is 9.37 Å². The predicted molar refractivity (Wildman–Crippen MR) is 115 cm³/mol. The molecule has 3 rings (SSSR count). The minimum absolute atomic E-state index is 0.297. The van der Waals surface area contributed by atoms with Crippen LogP contribution in [0.2, 0.25) is 5.02 Å². The van der Waals surface area contributed by atoms with Crippen LogP contribution in [-0.2, 0) is 15.1 Å². The molecule has 1 unspecified atom stereocenters. The van der Waals surface area contributed by atoms with Crippen molar-refractivity contribution < 1.29 is 23.9 Å². The zero-order valence-electron chi connectivity index (χ0n) is 16.4. The Kier molecular flexibility index (Phi) is 6.23. The molecule has 10 heteroatoms. The van der Waals surface area contributed by atoms with Crippen molar-refractivity contribution in [1.29, 1.82) is 0 Å². The van der Waals surface area contributed by atoms with Crippen molar-refractivity contribution in [2.75, 3.05) is 26.1 Å². The Labute approximate surface area is 186 Å². The van der Waals surface area contributed by atoms with Crippen LogP contribution >= 0.6 is 27.5 Å². The van der Waals surface area contributed by atoms with Gasteiger partial charge in [-0.3, -0.25) is 14.5 Å². The third kappa shape index (κ3) is 4.08. The van der Waals surface area contributed by atoms with E-state index in [-0.39, 0.29) is 0 Å². The highest BCUT2D eigenvalue weighted by Gasteiger charge is 2.49. The zero-order valence-corrected chi connectivity index (χ0v) is 18.8. The predicted octanol–water partition coefficient (Wildman–Crippen LogP) is 3.53. The standard InChI is InChI=1S/C20H19BrClN3O5/c1-20(11-5-4-6-12(21)7-11)18(27)25(19(28)24-20)10-17(26)23-14-9-15(29-2)13(22)8-16(14)30-3/h4-9H,10H2,1-3H3,(H,23,26)(H,24,28). The number of urea groups is 1. The summed E-state index contributed by atoms with van der Waals surface area (Å²) in [5, 5.41) is 5.60. The molecule has 0 saturated carbocycles. The van der Waals surface area contributed by atoms with Crippen molar-refractivity contribution in [3.63, 3.8) is 0 Å². The Balaban J connectivity index is 1.79. The molecule has 0 aliphatic carbocycles. The maximum Gasteiger partial charge on any atom is 0.325 e. The number of nitrogens with zero attached hydrogens (tertiary/aromatic N) is 1. The van der Waals surface area contributed by atoms with Crippen LogP contribution in [0.5, 0.6) is 11.5 Å². The molecule has 30 heavy (non-hydrogen) atoms. The molecule has 0 bridgehead atoms. The van der Waals surface area contributed by atoms with Crippen LogP contribution in [0.3, 0.4) is 0 Å². The summed E-state index contributed by atoms with van der Waals surface area (Å²) in [7, 11) is 2.87. The molecule has 1 aliphatic rings. The number of halogens is 2. The minimum atomic E-state index is -1.28. The molecule has 2 aromatic rings. The fraction of sp³-hybridized carbons (Fsp3) is 0.250. The maximum absolute atomic E-state index is 13.0. The van der Waals surface area contributed by atoms with Gasteiger partial charge in [-0.25, -0.2) is 4.79 Å².